The molecule has 106 valence electrons. The van der Waals surface area contributed by atoms with Gasteiger partial charge >= 0.3 is 5.97 Å². The Morgan fingerprint density at radius 3 is 2.67 bits per heavy atom. The van der Waals surface area contributed by atoms with Crippen LogP contribution in [0.15, 0.2) is 0 Å². The lowest BCUT2D eigenvalue weighted by Crippen LogP contribution is -2.50. The molecule has 1 aliphatic rings. The first-order valence-corrected chi connectivity index (χ1v) is 7.09. The first-order valence-electron chi connectivity index (χ1n) is 7.09. The smallest absolute Gasteiger partial charge is 0.308 e. The molecule has 18 heavy (non-hydrogen) atoms. The quantitative estimate of drug-likeness (QED) is 0.760. The monoisotopic (exact) mass is 257 g/mol. The van der Waals surface area contributed by atoms with Crippen LogP contribution in [0.1, 0.15) is 46.0 Å². The number of carboxylic acids is 1. The highest BCUT2D eigenvalue weighted by atomic mass is 16.5. The van der Waals surface area contributed by atoms with Crippen LogP contribution in [0.4, 0.5) is 0 Å². The van der Waals surface area contributed by atoms with Crippen molar-refractivity contribution < 1.29 is 14.6 Å². The summed E-state index contributed by atoms with van der Waals surface area (Å²) in [5.41, 5.74) is 0. The number of nitrogens with zero attached hydrogens (tertiary/aromatic N) is 1. The zero-order valence-electron chi connectivity index (χ0n) is 11.9. The number of carbonyl (C=O) groups is 1. The normalized spacial score (nSPS) is 26.2. The molecule has 0 spiro atoms. The second kappa shape index (κ2) is 7.74. The molecule has 0 radical (unpaired) electrons. The highest BCUT2D eigenvalue weighted by molar-refractivity contribution is 5.71. The molecule has 0 heterocycles. The molecular weight excluding hydrogens is 230 g/mol. The largest absolute Gasteiger partial charge is 0.481 e. The summed E-state index contributed by atoms with van der Waals surface area (Å²) in [6, 6.07) is 0.603. The molecular formula is C14H27NO3. The van der Waals surface area contributed by atoms with Gasteiger partial charge in [-0.3, -0.25) is 9.69 Å². The number of ether oxygens (including phenoxy) is 1. The fraction of sp³-hybridized carbons (Fsp3) is 0.929. The molecule has 1 rings (SSSR count). The predicted molar refractivity (Wildman–Crippen MR) is 71.7 cm³/mol. The molecule has 0 amide bonds. The Kier molecular flexibility index (Phi) is 6.65. The molecule has 0 aromatic carbocycles. The van der Waals surface area contributed by atoms with Crippen LogP contribution in [-0.4, -0.2) is 48.3 Å². The molecule has 1 saturated carbocycles. The summed E-state index contributed by atoms with van der Waals surface area (Å²) in [7, 11) is 1.70. The molecule has 4 nitrogen and oxygen atoms in total. The van der Waals surface area contributed by atoms with Gasteiger partial charge in [0, 0.05) is 25.7 Å². The van der Waals surface area contributed by atoms with Crippen molar-refractivity contribution >= 4 is 5.97 Å². The lowest BCUT2D eigenvalue weighted by Gasteiger charge is -2.41. The second-order valence-corrected chi connectivity index (χ2v) is 5.28. The van der Waals surface area contributed by atoms with Crippen LogP contribution in [0, 0.1) is 5.92 Å². The third-order valence-corrected chi connectivity index (χ3v) is 4.18. The lowest BCUT2D eigenvalue weighted by atomic mass is 9.83. The van der Waals surface area contributed by atoms with Crippen molar-refractivity contribution in [3.05, 3.63) is 0 Å². The summed E-state index contributed by atoms with van der Waals surface area (Å²) < 4.78 is 5.16. The van der Waals surface area contributed by atoms with E-state index in [1.165, 1.54) is 0 Å². The summed E-state index contributed by atoms with van der Waals surface area (Å²) in [6.07, 6.45) is 5.07. The Labute approximate surface area is 110 Å². The summed E-state index contributed by atoms with van der Waals surface area (Å²) in [6.45, 7) is 5.85. The average Bonchev–Trinajstić information content (AvgIpc) is 2.39. The lowest BCUT2D eigenvalue weighted by molar-refractivity contribution is -0.146. The van der Waals surface area contributed by atoms with E-state index in [1.54, 1.807) is 7.11 Å². The van der Waals surface area contributed by atoms with Crippen LogP contribution in [-0.2, 0) is 9.53 Å². The molecule has 0 aromatic heterocycles. The minimum Gasteiger partial charge on any atom is -0.481 e. The van der Waals surface area contributed by atoms with E-state index in [9.17, 15) is 9.90 Å². The molecule has 0 aliphatic heterocycles. The molecule has 3 atom stereocenters. The number of hydrogen-bond acceptors (Lipinski definition) is 3. The molecule has 0 saturated heterocycles. The van der Waals surface area contributed by atoms with E-state index >= 15 is 0 Å². The Morgan fingerprint density at radius 1 is 1.44 bits per heavy atom. The molecule has 0 aromatic rings. The van der Waals surface area contributed by atoms with Crippen molar-refractivity contribution in [2.45, 2.75) is 58.0 Å². The van der Waals surface area contributed by atoms with Gasteiger partial charge < -0.3 is 9.84 Å². The second-order valence-electron chi connectivity index (χ2n) is 5.28. The Morgan fingerprint density at radius 2 is 2.11 bits per heavy atom. The highest BCUT2D eigenvalue weighted by Gasteiger charge is 2.36. The van der Waals surface area contributed by atoms with Crippen molar-refractivity contribution in [1.29, 1.82) is 0 Å². The van der Waals surface area contributed by atoms with Gasteiger partial charge in [-0.1, -0.05) is 19.8 Å². The zero-order valence-corrected chi connectivity index (χ0v) is 11.9. The van der Waals surface area contributed by atoms with Crippen molar-refractivity contribution in [3.63, 3.8) is 0 Å². The van der Waals surface area contributed by atoms with E-state index in [-0.39, 0.29) is 12.0 Å². The Balaban J connectivity index is 2.76. The van der Waals surface area contributed by atoms with Crippen LogP contribution in [0.25, 0.3) is 0 Å². The molecule has 4 heteroatoms. The van der Waals surface area contributed by atoms with Gasteiger partial charge in [-0.25, -0.2) is 0 Å². The van der Waals surface area contributed by atoms with Crippen molar-refractivity contribution in [2.75, 3.05) is 20.3 Å². The number of aliphatic carboxylic acids is 1. The third kappa shape index (κ3) is 3.95. The van der Waals surface area contributed by atoms with Crippen molar-refractivity contribution in [2.24, 2.45) is 5.92 Å². The van der Waals surface area contributed by atoms with E-state index < -0.39 is 5.97 Å². The predicted octanol–water partition coefficient (Wildman–Crippen LogP) is 2.38. The number of methoxy groups -OCH3 is 1. The first kappa shape index (κ1) is 15.4. The topological polar surface area (TPSA) is 49.8 Å². The van der Waals surface area contributed by atoms with Crippen LogP contribution >= 0.6 is 0 Å². The van der Waals surface area contributed by atoms with Gasteiger partial charge in [0.05, 0.1) is 12.5 Å². The summed E-state index contributed by atoms with van der Waals surface area (Å²) >= 11 is 0. The molecule has 3 unspecified atom stereocenters. The number of carboxylic acid groups (broad SMARTS) is 1. The summed E-state index contributed by atoms with van der Waals surface area (Å²) in [4.78, 5) is 13.7. The highest BCUT2D eigenvalue weighted by Crippen LogP contribution is 2.30. The van der Waals surface area contributed by atoms with E-state index in [2.05, 4.69) is 18.7 Å². The standard InChI is InChI=1S/C14H27NO3/c1-4-11(2)15(9-10-18-3)13-8-6-5-7-12(13)14(16)17/h11-13H,4-10H2,1-3H3,(H,16,17). The fourth-order valence-corrected chi connectivity index (χ4v) is 2.94. The number of rotatable bonds is 7. The maximum atomic E-state index is 11.4. The summed E-state index contributed by atoms with van der Waals surface area (Å²) in [5, 5.41) is 9.38. The van der Waals surface area contributed by atoms with E-state index in [1.807, 2.05) is 0 Å². The minimum atomic E-state index is -0.634. The Bertz CT molecular complexity index is 257. The van der Waals surface area contributed by atoms with Gasteiger partial charge in [0.1, 0.15) is 0 Å². The van der Waals surface area contributed by atoms with Gasteiger partial charge in [-0.15, -0.1) is 0 Å². The van der Waals surface area contributed by atoms with Gasteiger partial charge in [0.25, 0.3) is 0 Å². The zero-order chi connectivity index (χ0) is 13.5. The van der Waals surface area contributed by atoms with E-state index in [0.29, 0.717) is 12.6 Å². The molecule has 1 N–H and O–H groups in total. The van der Waals surface area contributed by atoms with Crippen molar-refractivity contribution in [1.82, 2.24) is 4.90 Å². The van der Waals surface area contributed by atoms with Crippen LogP contribution < -0.4 is 0 Å². The van der Waals surface area contributed by atoms with Gasteiger partial charge in [0.2, 0.25) is 0 Å². The van der Waals surface area contributed by atoms with Crippen molar-refractivity contribution in [3.8, 4) is 0 Å². The van der Waals surface area contributed by atoms with E-state index in [0.717, 1.165) is 38.6 Å². The Hall–Kier alpha value is -0.610. The first-order chi connectivity index (χ1) is 8.61. The summed E-state index contributed by atoms with van der Waals surface area (Å²) in [5.74, 6) is -0.838. The molecule has 1 aliphatic carbocycles. The average molecular weight is 257 g/mol. The third-order valence-electron chi connectivity index (χ3n) is 4.18. The SMILES string of the molecule is CCC(C)N(CCOC)C1CCCCC1C(=O)O. The molecule has 0 bridgehead atoms. The maximum Gasteiger partial charge on any atom is 0.308 e. The van der Waals surface area contributed by atoms with Gasteiger partial charge in [-0.2, -0.15) is 0 Å². The van der Waals surface area contributed by atoms with Crippen LogP contribution in [0.2, 0.25) is 0 Å². The molecule has 1 fully saturated rings. The van der Waals surface area contributed by atoms with Crippen LogP contribution in [0.5, 0.6) is 0 Å². The van der Waals surface area contributed by atoms with Crippen LogP contribution in [0.3, 0.4) is 0 Å². The number of hydrogen-bond donors (Lipinski definition) is 1. The van der Waals surface area contributed by atoms with Gasteiger partial charge in [0.15, 0.2) is 0 Å². The van der Waals surface area contributed by atoms with E-state index in [4.69, 9.17) is 4.74 Å². The van der Waals surface area contributed by atoms with Gasteiger partial charge in [-0.05, 0) is 26.2 Å². The minimum absolute atomic E-state index is 0.182. The fourth-order valence-electron chi connectivity index (χ4n) is 2.94. The maximum absolute atomic E-state index is 11.4.